The summed E-state index contributed by atoms with van der Waals surface area (Å²) >= 11 is 0. The highest BCUT2D eigenvalue weighted by Gasteiger charge is 2.26. The number of rotatable bonds is 9. The fourth-order valence-corrected chi connectivity index (χ4v) is 2.66. The maximum Gasteiger partial charge on any atom is 0.390 e. The molecule has 0 spiro atoms. The van der Waals surface area contributed by atoms with Crippen molar-refractivity contribution in [3.8, 4) is 0 Å². The third-order valence-corrected chi connectivity index (χ3v) is 3.90. The van der Waals surface area contributed by atoms with E-state index >= 15 is 0 Å². The van der Waals surface area contributed by atoms with Crippen molar-refractivity contribution in [3.05, 3.63) is 0 Å². The van der Waals surface area contributed by atoms with E-state index in [0.717, 1.165) is 19.4 Å². The Morgan fingerprint density at radius 2 is 1.75 bits per heavy atom. The minimum Gasteiger partial charge on any atom is -0.357 e. The van der Waals surface area contributed by atoms with Gasteiger partial charge in [-0.05, 0) is 52.2 Å². The van der Waals surface area contributed by atoms with Crippen molar-refractivity contribution in [1.29, 1.82) is 0 Å². The third kappa shape index (κ3) is 13.1. The van der Waals surface area contributed by atoms with Gasteiger partial charge in [0.15, 0.2) is 5.96 Å². The molecule has 24 heavy (non-hydrogen) atoms. The number of unbranched alkanes of at least 4 members (excludes halogenated alkanes) is 2. The maximum atomic E-state index is 12.1. The fourth-order valence-electron chi connectivity index (χ4n) is 2.66. The lowest BCUT2D eigenvalue weighted by Crippen LogP contribution is -2.39. The summed E-state index contributed by atoms with van der Waals surface area (Å²) in [4.78, 5) is 6.85. The Morgan fingerprint density at radius 1 is 1.04 bits per heavy atom. The minimum absolute atomic E-state index is 0. The average Bonchev–Trinajstić information content (AvgIpc) is 2.50. The van der Waals surface area contributed by atoms with Crippen LogP contribution in [-0.2, 0) is 0 Å². The van der Waals surface area contributed by atoms with Gasteiger partial charge in [-0.15, -0.1) is 24.0 Å². The van der Waals surface area contributed by atoms with Gasteiger partial charge in [0.25, 0.3) is 0 Å². The smallest absolute Gasteiger partial charge is 0.357 e. The Kier molecular flexibility index (Phi) is 13.8. The van der Waals surface area contributed by atoms with Crippen molar-refractivity contribution < 1.29 is 13.2 Å². The molecule has 2 N–H and O–H groups in total. The number of piperidine rings is 1. The predicted octanol–water partition coefficient (Wildman–Crippen LogP) is 3.77. The fraction of sp³-hybridized carbons (Fsp3) is 0.938. The first kappa shape index (κ1) is 23.8. The van der Waals surface area contributed by atoms with Crippen LogP contribution in [0.5, 0.6) is 0 Å². The van der Waals surface area contributed by atoms with Crippen LogP contribution in [0.1, 0.15) is 51.9 Å². The molecule has 0 aliphatic carbocycles. The van der Waals surface area contributed by atoms with Crippen LogP contribution in [0.15, 0.2) is 4.99 Å². The van der Waals surface area contributed by atoms with Crippen molar-refractivity contribution in [3.63, 3.8) is 0 Å². The summed E-state index contributed by atoms with van der Waals surface area (Å²) in [6.45, 7) is 6.68. The molecule has 4 nitrogen and oxygen atoms in total. The highest BCUT2D eigenvalue weighted by Crippen LogP contribution is 2.18. The summed E-state index contributed by atoms with van der Waals surface area (Å²) in [5, 5.41) is 5.71. The zero-order valence-electron chi connectivity index (χ0n) is 14.6. The van der Waals surface area contributed by atoms with Crippen molar-refractivity contribution in [2.45, 2.75) is 58.0 Å². The zero-order chi connectivity index (χ0) is 17.0. The summed E-state index contributed by atoms with van der Waals surface area (Å²) in [6.07, 6.45) is 2.30. The monoisotopic (exact) mass is 464 g/mol. The quantitative estimate of drug-likeness (QED) is 0.236. The summed E-state index contributed by atoms with van der Waals surface area (Å²) in [6, 6.07) is 0. The maximum absolute atomic E-state index is 12.1. The zero-order valence-corrected chi connectivity index (χ0v) is 17.0. The van der Waals surface area contributed by atoms with Crippen molar-refractivity contribution in [1.82, 2.24) is 15.5 Å². The van der Waals surface area contributed by atoms with E-state index in [-0.39, 0.29) is 30.5 Å². The molecule has 1 aliphatic heterocycles. The van der Waals surface area contributed by atoms with E-state index < -0.39 is 12.6 Å². The first-order valence-electron chi connectivity index (χ1n) is 8.82. The molecule has 0 radical (unpaired) electrons. The van der Waals surface area contributed by atoms with Crippen LogP contribution < -0.4 is 10.6 Å². The lowest BCUT2D eigenvalue weighted by molar-refractivity contribution is -0.132. The Balaban J connectivity index is 0.00000529. The minimum atomic E-state index is -4.13. The Morgan fingerprint density at radius 3 is 2.38 bits per heavy atom. The number of likely N-dealkylation sites (tertiary alicyclic amines) is 1. The molecule has 1 fully saturated rings. The molecule has 0 bridgehead atoms. The second-order valence-corrected chi connectivity index (χ2v) is 6.02. The van der Waals surface area contributed by atoms with Gasteiger partial charge in [0.2, 0.25) is 0 Å². The lowest BCUT2D eigenvalue weighted by Gasteiger charge is -2.26. The number of hydrogen-bond acceptors (Lipinski definition) is 2. The summed E-state index contributed by atoms with van der Waals surface area (Å²) in [5.74, 6) is 0.479. The molecule has 1 aliphatic rings. The van der Waals surface area contributed by atoms with Gasteiger partial charge in [0, 0.05) is 19.6 Å². The van der Waals surface area contributed by atoms with E-state index in [9.17, 15) is 13.2 Å². The molecular formula is C16H32F3IN4. The van der Waals surface area contributed by atoms with Gasteiger partial charge in [-0.1, -0.05) is 12.8 Å². The molecule has 144 valence electrons. The standard InChI is InChI=1S/C16H31F3N4.HI/c1-2-20-15(22-11-9-16(17,18)19)21-10-5-3-6-12-23-13-7-4-8-14-23;/h2-14H2,1H3,(H2,20,21,22);1H. The summed E-state index contributed by atoms with van der Waals surface area (Å²) in [7, 11) is 0. The SMILES string of the molecule is CCNC(=NCCCCCN1CCCCC1)NCCC(F)(F)F.I. The van der Waals surface area contributed by atoms with E-state index in [2.05, 4.69) is 20.5 Å². The van der Waals surface area contributed by atoms with E-state index in [0.29, 0.717) is 19.0 Å². The first-order valence-corrected chi connectivity index (χ1v) is 8.82. The van der Waals surface area contributed by atoms with Crippen LogP contribution >= 0.6 is 24.0 Å². The predicted molar refractivity (Wildman–Crippen MR) is 104 cm³/mol. The molecule has 0 aromatic carbocycles. The normalized spacial score (nSPS) is 16.6. The van der Waals surface area contributed by atoms with Gasteiger partial charge in [-0.2, -0.15) is 13.2 Å². The van der Waals surface area contributed by atoms with E-state index in [4.69, 9.17) is 0 Å². The van der Waals surface area contributed by atoms with Crippen LogP contribution in [0.4, 0.5) is 13.2 Å². The van der Waals surface area contributed by atoms with Crippen LogP contribution in [0.25, 0.3) is 0 Å². The average molecular weight is 464 g/mol. The molecular weight excluding hydrogens is 432 g/mol. The van der Waals surface area contributed by atoms with Crippen molar-refractivity contribution in [2.24, 2.45) is 4.99 Å². The topological polar surface area (TPSA) is 39.7 Å². The molecule has 8 heteroatoms. The molecule has 0 saturated carbocycles. The number of nitrogens with zero attached hydrogens (tertiary/aromatic N) is 2. The summed E-state index contributed by atoms with van der Waals surface area (Å²) < 4.78 is 36.4. The van der Waals surface area contributed by atoms with Crippen LogP contribution in [0.2, 0.25) is 0 Å². The van der Waals surface area contributed by atoms with Crippen molar-refractivity contribution in [2.75, 3.05) is 39.3 Å². The number of alkyl halides is 3. The number of guanidine groups is 1. The molecule has 0 amide bonds. The van der Waals surface area contributed by atoms with Gasteiger partial charge >= 0.3 is 6.18 Å². The van der Waals surface area contributed by atoms with E-state index in [1.54, 1.807) is 0 Å². The second-order valence-electron chi connectivity index (χ2n) is 6.02. The molecule has 1 heterocycles. The third-order valence-electron chi connectivity index (χ3n) is 3.90. The van der Waals surface area contributed by atoms with E-state index in [1.165, 1.54) is 38.8 Å². The molecule has 0 aromatic heterocycles. The highest BCUT2D eigenvalue weighted by atomic mass is 127. The highest BCUT2D eigenvalue weighted by molar-refractivity contribution is 14.0. The van der Waals surface area contributed by atoms with Crippen LogP contribution in [0.3, 0.4) is 0 Å². The lowest BCUT2D eigenvalue weighted by atomic mass is 10.1. The molecule has 0 aromatic rings. The summed E-state index contributed by atoms with van der Waals surface area (Å²) in [5.41, 5.74) is 0. The van der Waals surface area contributed by atoms with Gasteiger partial charge < -0.3 is 15.5 Å². The van der Waals surface area contributed by atoms with Gasteiger partial charge in [0.1, 0.15) is 0 Å². The van der Waals surface area contributed by atoms with Crippen molar-refractivity contribution >= 4 is 29.9 Å². The first-order chi connectivity index (χ1) is 11.0. The Labute approximate surface area is 161 Å². The van der Waals surface area contributed by atoms with Gasteiger partial charge in [-0.3, -0.25) is 4.99 Å². The molecule has 0 unspecified atom stereocenters. The van der Waals surface area contributed by atoms with E-state index in [1.807, 2.05) is 6.92 Å². The van der Waals surface area contributed by atoms with Gasteiger partial charge in [-0.25, -0.2) is 0 Å². The number of aliphatic imine (C=N–C) groups is 1. The number of hydrogen-bond donors (Lipinski definition) is 2. The molecule has 1 saturated heterocycles. The Hall–Kier alpha value is -0.250. The van der Waals surface area contributed by atoms with Crippen LogP contribution in [-0.4, -0.2) is 56.3 Å². The second kappa shape index (κ2) is 14.0. The van der Waals surface area contributed by atoms with Crippen LogP contribution in [0, 0.1) is 0 Å². The largest absolute Gasteiger partial charge is 0.390 e. The molecule has 1 rings (SSSR count). The number of halogens is 4. The van der Waals surface area contributed by atoms with Gasteiger partial charge in [0.05, 0.1) is 6.42 Å². The molecule has 0 atom stereocenters. The number of nitrogens with one attached hydrogen (secondary N) is 2. The Bertz CT molecular complexity index is 332.